The molecule has 0 amide bonds. The number of likely N-dealkylation sites (tertiary alicyclic amines) is 1. The number of benzene rings is 1. The summed E-state index contributed by atoms with van der Waals surface area (Å²) in [7, 11) is 0. The molecule has 1 aromatic heterocycles. The summed E-state index contributed by atoms with van der Waals surface area (Å²) in [6.07, 6.45) is 6.47. The summed E-state index contributed by atoms with van der Waals surface area (Å²) in [5.41, 5.74) is 4.91. The molecule has 5 heteroatoms. The van der Waals surface area contributed by atoms with Crippen LogP contribution in [0.3, 0.4) is 0 Å². The van der Waals surface area contributed by atoms with E-state index in [2.05, 4.69) is 36.5 Å². The van der Waals surface area contributed by atoms with Crippen molar-refractivity contribution in [2.75, 3.05) is 18.1 Å². The molecule has 0 bridgehead atoms. The molecule has 0 spiro atoms. The molecule has 128 valence electrons. The Balaban J connectivity index is 1.48. The Kier molecular flexibility index (Phi) is 4.21. The monoisotopic (exact) mass is 327 g/mol. The molecule has 3 heterocycles. The van der Waals surface area contributed by atoms with Crippen molar-refractivity contribution in [1.82, 2.24) is 10.5 Å². The van der Waals surface area contributed by atoms with Crippen LogP contribution in [0.25, 0.3) is 11.0 Å². The molecule has 2 aliphatic rings. The molecule has 1 aromatic carbocycles. The first kappa shape index (κ1) is 15.5. The number of allylic oxidation sites excluding steroid dienone is 1. The first-order chi connectivity index (χ1) is 11.7. The van der Waals surface area contributed by atoms with Crippen molar-refractivity contribution in [1.29, 1.82) is 0 Å². The van der Waals surface area contributed by atoms with Gasteiger partial charge in [0.05, 0.1) is 11.9 Å². The summed E-state index contributed by atoms with van der Waals surface area (Å²) in [6, 6.07) is 9.09. The molecule has 5 nitrogen and oxygen atoms in total. The van der Waals surface area contributed by atoms with Crippen LogP contribution in [0.15, 0.2) is 40.6 Å². The predicted molar refractivity (Wildman–Crippen MR) is 95.3 cm³/mol. The SMILES string of the molecule is CCC1=CN(c2ccc3oc(CCN4CCC[C@H]4C)cc3c2)NO1. The lowest BCUT2D eigenvalue weighted by Crippen LogP contribution is -2.28. The minimum atomic E-state index is 0.710. The van der Waals surface area contributed by atoms with E-state index in [0.29, 0.717) is 6.04 Å². The van der Waals surface area contributed by atoms with Gasteiger partial charge in [0.1, 0.15) is 17.1 Å². The minimum absolute atomic E-state index is 0.710. The number of anilines is 1. The summed E-state index contributed by atoms with van der Waals surface area (Å²) < 4.78 is 6.01. The summed E-state index contributed by atoms with van der Waals surface area (Å²) in [6.45, 7) is 6.70. The van der Waals surface area contributed by atoms with Gasteiger partial charge in [-0.2, -0.15) is 0 Å². The molecule has 0 saturated carbocycles. The summed E-state index contributed by atoms with van der Waals surface area (Å²) >= 11 is 0. The van der Waals surface area contributed by atoms with Crippen LogP contribution < -0.4 is 10.6 Å². The van der Waals surface area contributed by atoms with E-state index in [-0.39, 0.29) is 0 Å². The Labute approximate surface area is 142 Å². The topological polar surface area (TPSA) is 40.9 Å². The van der Waals surface area contributed by atoms with Crippen LogP contribution in [0.1, 0.15) is 38.9 Å². The predicted octanol–water partition coefficient (Wildman–Crippen LogP) is 3.97. The van der Waals surface area contributed by atoms with Gasteiger partial charge in [-0.1, -0.05) is 12.5 Å². The highest BCUT2D eigenvalue weighted by Gasteiger charge is 2.20. The third-order valence-corrected chi connectivity index (χ3v) is 5.06. The standard InChI is InChI=1S/C19H25N3O2/c1-3-17-13-22(20-24-17)16-6-7-19-15(11-16)12-18(23-19)8-10-21-9-4-5-14(21)2/h6-7,11-14,20H,3-5,8-10H2,1-2H3/t14-/m1/s1. The fourth-order valence-electron chi connectivity index (χ4n) is 3.53. The first-order valence-electron chi connectivity index (χ1n) is 8.92. The number of hydrogen-bond donors (Lipinski definition) is 1. The number of nitrogens with zero attached hydrogens (tertiary/aromatic N) is 2. The van der Waals surface area contributed by atoms with Crippen molar-refractivity contribution in [2.45, 2.75) is 45.6 Å². The lowest BCUT2D eigenvalue weighted by atomic mass is 10.2. The van der Waals surface area contributed by atoms with Crippen LogP contribution in [0, 0.1) is 0 Å². The van der Waals surface area contributed by atoms with Crippen LogP contribution in [0.4, 0.5) is 5.69 Å². The molecule has 1 fully saturated rings. The molecule has 24 heavy (non-hydrogen) atoms. The zero-order valence-electron chi connectivity index (χ0n) is 14.4. The Hall–Kier alpha value is -1.98. The normalized spacial score (nSPS) is 21.5. The van der Waals surface area contributed by atoms with E-state index in [1.165, 1.54) is 19.4 Å². The smallest absolute Gasteiger partial charge is 0.144 e. The number of rotatable bonds is 5. The zero-order chi connectivity index (χ0) is 16.5. The fourth-order valence-corrected chi connectivity index (χ4v) is 3.53. The number of hydrazine groups is 1. The molecular formula is C19H25N3O2. The van der Waals surface area contributed by atoms with Gasteiger partial charge >= 0.3 is 0 Å². The lowest BCUT2D eigenvalue weighted by molar-refractivity contribution is 0.126. The zero-order valence-corrected chi connectivity index (χ0v) is 14.4. The summed E-state index contributed by atoms with van der Waals surface area (Å²) in [5.74, 6) is 2.00. The molecule has 4 rings (SSSR count). The quantitative estimate of drug-likeness (QED) is 0.900. The Morgan fingerprint density at radius 3 is 2.96 bits per heavy atom. The van der Waals surface area contributed by atoms with E-state index in [1.807, 2.05) is 23.3 Å². The fraction of sp³-hybridized carbons (Fsp3) is 0.474. The average Bonchev–Trinajstić information content (AvgIpc) is 3.31. The van der Waals surface area contributed by atoms with Crippen LogP contribution in [-0.4, -0.2) is 24.0 Å². The van der Waals surface area contributed by atoms with E-state index in [1.54, 1.807) is 0 Å². The maximum absolute atomic E-state index is 6.01. The van der Waals surface area contributed by atoms with Gasteiger partial charge in [-0.05, 0) is 50.6 Å². The van der Waals surface area contributed by atoms with E-state index in [9.17, 15) is 0 Å². The number of fused-ring (bicyclic) bond motifs is 1. The molecule has 2 aromatic rings. The minimum Gasteiger partial charge on any atom is -0.461 e. The van der Waals surface area contributed by atoms with Gasteiger partial charge < -0.3 is 14.2 Å². The number of hydrogen-bond acceptors (Lipinski definition) is 5. The molecule has 0 aliphatic carbocycles. The van der Waals surface area contributed by atoms with Gasteiger partial charge in [0.2, 0.25) is 0 Å². The van der Waals surface area contributed by atoms with E-state index in [0.717, 1.165) is 47.6 Å². The highest BCUT2D eigenvalue weighted by Crippen LogP contribution is 2.27. The van der Waals surface area contributed by atoms with Crippen LogP contribution in [0.2, 0.25) is 0 Å². The molecule has 0 radical (unpaired) electrons. The average molecular weight is 327 g/mol. The van der Waals surface area contributed by atoms with Crippen molar-refractivity contribution >= 4 is 16.7 Å². The van der Waals surface area contributed by atoms with Gasteiger partial charge in [0.25, 0.3) is 0 Å². The highest BCUT2D eigenvalue weighted by atomic mass is 16.7. The number of nitrogens with one attached hydrogen (secondary N) is 1. The van der Waals surface area contributed by atoms with Gasteiger partial charge in [-0.3, -0.25) is 0 Å². The van der Waals surface area contributed by atoms with Crippen molar-refractivity contribution in [3.63, 3.8) is 0 Å². The third kappa shape index (κ3) is 3.01. The van der Waals surface area contributed by atoms with E-state index >= 15 is 0 Å². The van der Waals surface area contributed by atoms with Crippen LogP contribution >= 0.6 is 0 Å². The van der Waals surface area contributed by atoms with Crippen molar-refractivity contribution in [3.05, 3.63) is 42.0 Å². The molecule has 1 atom stereocenters. The van der Waals surface area contributed by atoms with E-state index in [4.69, 9.17) is 9.25 Å². The van der Waals surface area contributed by atoms with Gasteiger partial charge in [0, 0.05) is 30.8 Å². The molecule has 1 saturated heterocycles. The second kappa shape index (κ2) is 6.49. The maximum Gasteiger partial charge on any atom is 0.144 e. The lowest BCUT2D eigenvalue weighted by Gasteiger charge is -2.19. The van der Waals surface area contributed by atoms with Crippen LogP contribution in [-0.2, 0) is 11.3 Å². The van der Waals surface area contributed by atoms with Gasteiger partial charge in [-0.15, -0.1) is 0 Å². The molecule has 1 N–H and O–H groups in total. The number of furan rings is 1. The van der Waals surface area contributed by atoms with Crippen molar-refractivity contribution in [2.24, 2.45) is 0 Å². The summed E-state index contributed by atoms with van der Waals surface area (Å²) in [5, 5.41) is 3.04. The second-order valence-corrected chi connectivity index (χ2v) is 6.72. The largest absolute Gasteiger partial charge is 0.461 e. The second-order valence-electron chi connectivity index (χ2n) is 6.72. The molecule has 0 unspecified atom stereocenters. The van der Waals surface area contributed by atoms with Gasteiger partial charge in [-0.25, -0.2) is 5.01 Å². The first-order valence-corrected chi connectivity index (χ1v) is 8.92. The van der Waals surface area contributed by atoms with Crippen molar-refractivity contribution in [3.8, 4) is 0 Å². The summed E-state index contributed by atoms with van der Waals surface area (Å²) in [4.78, 5) is 7.96. The maximum atomic E-state index is 6.01. The molecular weight excluding hydrogens is 302 g/mol. The Morgan fingerprint density at radius 1 is 1.29 bits per heavy atom. The Bertz CT molecular complexity index is 752. The molecule has 2 aliphatic heterocycles. The third-order valence-electron chi connectivity index (χ3n) is 5.06. The van der Waals surface area contributed by atoms with E-state index < -0.39 is 0 Å². The highest BCUT2D eigenvalue weighted by molar-refractivity contribution is 5.82. The van der Waals surface area contributed by atoms with Crippen LogP contribution in [0.5, 0.6) is 0 Å². The Morgan fingerprint density at radius 2 is 2.21 bits per heavy atom. The van der Waals surface area contributed by atoms with Gasteiger partial charge in [0.15, 0.2) is 0 Å². The van der Waals surface area contributed by atoms with Crippen molar-refractivity contribution < 1.29 is 9.25 Å².